The normalized spacial score (nSPS) is 11.4. The van der Waals surface area contributed by atoms with E-state index >= 15 is 0 Å². The Balaban J connectivity index is 2.17. The fourth-order valence-corrected chi connectivity index (χ4v) is 2.05. The van der Waals surface area contributed by atoms with Crippen LogP contribution in [0, 0.1) is 6.92 Å². The van der Waals surface area contributed by atoms with E-state index in [-0.39, 0.29) is 5.97 Å². The quantitative estimate of drug-likeness (QED) is 0.795. The van der Waals surface area contributed by atoms with Crippen molar-refractivity contribution in [3.8, 4) is 0 Å². The van der Waals surface area contributed by atoms with Gasteiger partial charge in [-0.25, -0.2) is 4.79 Å². The Bertz CT molecular complexity index is 591. The van der Waals surface area contributed by atoms with Crippen LogP contribution in [0.4, 0.5) is 0 Å². The molecule has 3 heteroatoms. The van der Waals surface area contributed by atoms with Gasteiger partial charge in [0, 0.05) is 18.4 Å². The molecule has 0 saturated heterocycles. The van der Waals surface area contributed by atoms with Gasteiger partial charge in [-0.1, -0.05) is 30.3 Å². The predicted octanol–water partition coefficient (Wildman–Crippen LogP) is 3.80. The number of esters is 1. The maximum atomic E-state index is 12.1. The van der Waals surface area contributed by atoms with Crippen molar-refractivity contribution in [3.05, 3.63) is 59.4 Å². The van der Waals surface area contributed by atoms with E-state index < -0.39 is 5.60 Å². The van der Waals surface area contributed by atoms with Gasteiger partial charge < -0.3 is 9.30 Å². The molecule has 1 aromatic carbocycles. The standard InChI is InChI=1S/C17H21NO2/c1-13-15(16(19)20-17(2,3)4)10-11-18(13)12-14-8-6-5-7-9-14/h5-11H,12H2,1-4H3. The van der Waals surface area contributed by atoms with Crippen LogP contribution in [-0.4, -0.2) is 16.1 Å². The molecule has 0 aliphatic carbocycles. The molecule has 0 aliphatic rings. The monoisotopic (exact) mass is 271 g/mol. The Morgan fingerprint density at radius 3 is 2.40 bits per heavy atom. The molecule has 0 N–H and O–H groups in total. The lowest BCUT2D eigenvalue weighted by atomic mass is 10.2. The highest BCUT2D eigenvalue weighted by Gasteiger charge is 2.20. The summed E-state index contributed by atoms with van der Waals surface area (Å²) < 4.78 is 7.48. The van der Waals surface area contributed by atoms with Crippen molar-refractivity contribution < 1.29 is 9.53 Å². The van der Waals surface area contributed by atoms with Gasteiger partial charge in [-0.15, -0.1) is 0 Å². The topological polar surface area (TPSA) is 31.2 Å². The number of carbonyl (C=O) groups is 1. The smallest absolute Gasteiger partial charge is 0.340 e. The highest BCUT2D eigenvalue weighted by atomic mass is 16.6. The predicted molar refractivity (Wildman–Crippen MR) is 79.9 cm³/mol. The van der Waals surface area contributed by atoms with Crippen LogP contribution in [0.2, 0.25) is 0 Å². The maximum Gasteiger partial charge on any atom is 0.340 e. The Hall–Kier alpha value is -2.03. The average molecular weight is 271 g/mol. The summed E-state index contributed by atoms with van der Waals surface area (Å²) in [5.74, 6) is -0.262. The molecule has 2 rings (SSSR count). The molecule has 0 radical (unpaired) electrons. The first-order chi connectivity index (χ1) is 9.37. The van der Waals surface area contributed by atoms with Crippen LogP contribution in [0.25, 0.3) is 0 Å². The lowest BCUT2D eigenvalue weighted by Gasteiger charge is -2.19. The lowest BCUT2D eigenvalue weighted by Crippen LogP contribution is -2.24. The minimum Gasteiger partial charge on any atom is -0.456 e. The van der Waals surface area contributed by atoms with E-state index in [1.165, 1.54) is 5.56 Å². The van der Waals surface area contributed by atoms with E-state index in [1.807, 2.05) is 58.2 Å². The molecule has 106 valence electrons. The molecule has 0 fully saturated rings. The van der Waals surface area contributed by atoms with Crippen molar-refractivity contribution in [2.45, 2.75) is 39.8 Å². The van der Waals surface area contributed by atoms with Gasteiger partial charge in [-0.2, -0.15) is 0 Å². The van der Waals surface area contributed by atoms with E-state index in [0.29, 0.717) is 5.56 Å². The second kappa shape index (κ2) is 5.53. The minimum absolute atomic E-state index is 0.262. The van der Waals surface area contributed by atoms with Crippen LogP contribution in [0.1, 0.15) is 42.4 Å². The van der Waals surface area contributed by atoms with E-state index in [4.69, 9.17) is 4.74 Å². The molecule has 1 aromatic heterocycles. The van der Waals surface area contributed by atoms with E-state index in [9.17, 15) is 4.79 Å². The Kier molecular flexibility index (Phi) is 3.98. The van der Waals surface area contributed by atoms with Crippen LogP contribution in [0.3, 0.4) is 0 Å². The van der Waals surface area contributed by atoms with Crippen LogP contribution < -0.4 is 0 Å². The third kappa shape index (κ3) is 3.50. The number of nitrogens with zero attached hydrogens (tertiary/aromatic N) is 1. The van der Waals surface area contributed by atoms with Crippen molar-refractivity contribution in [1.29, 1.82) is 0 Å². The summed E-state index contributed by atoms with van der Waals surface area (Å²) in [6.07, 6.45) is 1.93. The zero-order valence-electron chi connectivity index (χ0n) is 12.5. The van der Waals surface area contributed by atoms with E-state index in [2.05, 4.69) is 16.7 Å². The zero-order valence-corrected chi connectivity index (χ0v) is 12.5. The summed E-state index contributed by atoms with van der Waals surface area (Å²) in [4.78, 5) is 12.1. The Morgan fingerprint density at radius 2 is 1.80 bits per heavy atom. The van der Waals surface area contributed by atoms with Crippen molar-refractivity contribution in [2.75, 3.05) is 0 Å². The molecule has 0 bridgehead atoms. The Morgan fingerprint density at radius 1 is 1.15 bits per heavy atom. The van der Waals surface area contributed by atoms with Gasteiger partial charge in [0.25, 0.3) is 0 Å². The van der Waals surface area contributed by atoms with E-state index in [1.54, 1.807) is 0 Å². The molecule has 2 aromatic rings. The zero-order chi connectivity index (χ0) is 14.8. The summed E-state index contributed by atoms with van der Waals surface area (Å²) in [5, 5.41) is 0. The van der Waals surface area contributed by atoms with Crippen LogP contribution in [0.15, 0.2) is 42.6 Å². The SMILES string of the molecule is Cc1c(C(=O)OC(C)(C)C)ccn1Cc1ccccc1. The van der Waals surface area contributed by atoms with Gasteiger partial charge in [-0.05, 0) is 39.3 Å². The molecule has 3 nitrogen and oxygen atoms in total. The number of ether oxygens (including phenoxy) is 1. The van der Waals surface area contributed by atoms with Crippen molar-refractivity contribution in [2.24, 2.45) is 0 Å². The first-order valence-electron chi connectivity index (χ1n) is 6.80. The lowest BCUT2D eigenvalue weighted by molar-refractivity contribution is 0.00687. The molecule has 0 amide bonds. The summed E-state index contributed by atoms with van der Waals surface area (Å²) in [5.41, 5.74) is 2.31. The number of carbonyl (C=O) groups excluding carboxylic acids is 1. The van der Waals surface area contributed by atoms with Gasteiger partial charge in [0.15, 0.2) is 0 Å². The second-order valence-corrected chi connectivity index (χ2v) is 5.93. The van der Waals surface area contributed by atoms with Crippen molar-refractivity contribution in [3.63, 3.8) is 0 Å². The van der Waals surface area contributed by atoms with Gasteiger partial charge in [0.2, 0.25) is 0 Å². The molecule has 0 unspecified atom stereocenters. The van der Waals surface area contributed by atoms with Crippen molar-refractivity contribution >= 4 is 5.97 Å². The van der Waals surface area contributed by atoms with Gasteiger partial charge in [0.05, 0.1) is 5.56 Å². The first-order valence-corrected chi connectivity index (χ1v) is 6.80. The highest BCUT2D eigenvalue weighted by molar-refractivity contribution is 5.91. The number of benzene rings is 1. The fraction of sp³-hybridized carbons (Fsp3) is 0.353. The summed E-state index contributed by atoms with van der Waals surface area (Å²) in [6.45, 7) is 8.33. The summed E-state index contributed by atoms with van der Waals surface area (Å²) >= 11 is 0. The van der Waals surface area contributed by atoms with Crippen LogP contribution in [-0.2, 0) is 11.3 Å². The summed E-state index contributed by atoms with van der Waals surface area (Å²) in [7, 11) is 0. The third-order valence-corrected chi connectivity index (χ3v) is 3.06. The molecule has 1 heterocycles. The first kappa shape index (κ1) is 14.4. The maximum absolute atomic E-state index is 12.1. The third-order valence-electron chi connectivity index (χ3n) is 3.06. The fourth-order valence-electron chi connectivity index (χ4n) is 2.05. The number of aromatic nitrogens is 1. The van der Waals surface area contributed by atoms with Crippen molar-refractivity contribution in [1.82, 2.24) is 4.57 Å². The van der Waals surface area contributed by atoms with E-state index in [0.717, 1.165) is 12.2 Å². The molecule has 20 heavy (non-hydrogen) atoms. The Labute approximate surface area is 120 Å². The average Bonchev–Trinajstić information content (AvgIpc) is 2.70. The van der Waals surface area contributed by atoms with Crippen LogP contribution in [0.5, 0.6) is 0 Å². The van der Waals surface area contributed by atoms with Gasteiger partial charge in [-0.3, -0.25) is 0 Å². The van der Waals surface area contributed by atoms with Gasteiger partial charge in [0.1, 0.15) is 5.60 Å². The summed E-state index contributed by atoms with van der Waals surface area (Å²) in [6, 6.07) is 12.0. The number of hydrogen-bond donors (Lipinski definition) is 0. The second-order valence-electron chi connectivity index (χ2n) is 5.93. The van der Waals surface area contributed by atoms with Gasteiger partial charge >= 0.3 is 5.97 Å². The van der Waals surface area contributed by atoms with Crippen LogP contribution >= 0.6 is 0 Å². The minimum atomic E-state index is -0.467. The molecule has 0 saturated carbocycles. The molecule has 0 spiro atoms. The molecule has 0 atom stereocenters. The highest BCUT2D eigenvalue weighted by Crippen LogP contribution is 2.17. The molecule has 0 aliphatic heterocycles. The number of rotatable bonds is 3. The largest absolute Gasteiger partial charge is 0.456 e. The number of hydrogen-bond acceptors (Lipinski definition) is 2. The molecular formula is C17H21NO2. The molecular weight excluding hydrogens is 250 g/mol.